The van der Waals surface area contributed by atoms with E-state index in [0.717, 1.165) is 10.4 Å². The number of carbonyl (C=O) groups excluding carboxylic acids is 1. The maximum Gasteiger partial charge on any atom is 0.188 e. The van der Waals surface area contributed by atoms with Gasteiger partial charge < -0.3 is 0 Å². The zero-order valence-corrected chi connectivity index (χ0v) is 9.70. The number of thiazole rings is 1. The van der Waals surface area contributed by atoms with Gasteiger partial charge in [-0.15, -0.1) is 11.3 Å². The fourth-order valence-electron chi connectivity index (χ4n) is 1.27. The zero-order chi connectivity index (χ0) is 11.4. The standard InChI is InChI=1S/C13H11NOS/c1-10(15)13-14-9-12(16-13)8-7-11-5-3-2-4-6-11/h2-9H,1H3/b8-7+. The van der Waals surface area contributed by atoms with E-state index in [1.165, 1.54) is 18.3 Å². The highest BCUT2D eigenvalue weighted by molar-refractivity contribution is 7.14. The first kappa shape index (κ1) is 10.8. The van der Waals surface area contributed by atoms with Crippen LogP contribution in [0.1, 0.15) is 27.2 Å². The highest BCUT2D eigenvalue weighted by atomic mass is 32.1. The topological polar surface area (TPSA) is 30.0 Å². The number of aromatic nitrogens is 1. The van der Waals surface area contributed by atoms with Gasteiger partial charge >= 0.3 is 0 Å². The van der Waals surface area contributed by atoms with E-state index in [9.17, 15) is 4.79 Å². The van der Waals surface area contributed by atoms with Gasteiger partial charge in [0.1, 0.15) is 0 Å². The third-order valence-corrected chi connectivity index (χ3v) is 3.13. The van der Waals surface area contributed by atoms with E-state index in [1.54, 1.807) is 6.20 Å². The lowest BCUT2D eigenvalue weighted by Crippen LogP contribution is -1.87. The minimum Gasteiger partial charge on any atom is -0.292 e. The van der Waals surface area contributed by atoms with Crippen LogP contribution >= 0.6 is 11.3 Å². The van der Waals surface area contributed by atoms with E-state index in [1.807, 2.05) is 42.5 Å². The Hall–Kier alpha value is -1.74. The number of Topliss-reactive ketones (excluding diaryl/α,β-unsaturated/α-hetero) is 1. The molecule has 3 heteroatoms. The quantitative estimate of drug-likeness (QED) is 0.754. The van der Waals surface area contributed by atoms with Gasteiger partial charge in [0.05, 0.1) is 0 Å². The molecule has 80 valence electrons. The van der Waals surface area contributed by atoms with Crippen LogP contribution in [0.15, 0.2) is 36.5 Å². The molecule has 0 saturated carbocycles. The number of rotatable bonds is 3. The number of nitrogens with zero attached hydrogens (tertiary/aromatic N) is 1. The maximum atomic E-state index is 11.1. The molecule has 2 nitrogen and oxygen atoms in total. The van der Waals surface area contributed by atoms with E-state index >= 15 is 0 Å². The molecule has 0 atom stereocenters. The number of hydrogen-bond acceptors (Lipinski definition) is 3. The van der Waals surface area contributed by atoms with Crippen LogP contribution in [0.5, 0.6) is 0 Å². The third kappa shape index (κ3) is 2.64. The van der Waals surface area contributed by atoms with Crippen LogP contribution < -0.4 is 0 Å². The summed E-state index contributed by atoms with van der Waals surface area (Å²) in [5.41, 5.74) is 1.14. The largest absolute Gasteiger partial charge is 0.292 e. The number of ketones is 1. The molecule has 2 rings (SSSR count). The van der Waals surface area contributed by atoms with Crippen LogP contribution in [0.25, 0.3) is 12.2 Å². The average Bonchev–Trinajstić information content (AvgIpc) is 2.76. The van der Waals surface area contributed by atoms with Crippen molar-refractivity contribution in [3.05, 3.63) is 52.0 Å². The first-order valence-corrected chi connectivity index (χ1v) is 5.77. The predicted molar refractivity (Wildman–Crippen MR) is 67.5 cm³/mol. The summed E-state index contributed by atoms with van der Waals surface area (Å²) in [7, 11) is 0. The molecule has 0 saturated heterocycles. The fraction of sp³-hybridized carbons (Fsp3) is 0.0769. The van der Waals surface area contributed by atoms with Crippen molar-refractivity contribution in [2.75, 3.05) is 0 Å². The Morgan fingerprint density at radius 1 is 1.25 bits per heavy atom. The highest BCUT2D eigenvalue weighted by Gasteiger charge is 2.03. The minimum atomic E-state index is 0.0179. The van der Waals surface area contributed by atoms with Gasteiger partial charge in [-0.2, -0.15) is 0 Å². The molecule has 2 aromatic rings. The Morgan fingerprint density at radius 2 is 2.00 bits per heavy atom. The monoisotopic (exact) mass is 229 g/mol. The average molecular weight is 229 g/mol. The summed E-state index contributed by atoms with van der Waals surface area (Å²) in [5, 5.41) is 0.563. The molecule has 0 radical (unpaired) electrons. The van der Waals surface area contributed by atoms with Crippen LogP contribution in [-0.4, -0.2) is 10.8 Å². The van der Waals surface area contributed by atoms with Crippen LogP contribution in [0.4, 0.5) is 0 Å². The molecular weight excluding hydrogens is 218 g/mol. The second kappa shape index (κ2) is 4.86. The molecule has 0 fully saturated rings. The van der Waals surface area contributed by atoms with Crippen molar-refractivity contribution >= 4 is 29.3 Å². The van der Waals surface area contributed by atoms with Crippen molar-refractivity contribution in [1.82, 2.24) is 4.98 Å². The fourth-order valence-corrected chi connectivity index (χ4v) is 1.98. The molecule has 0 spiro atoms. The Bertz CT molecular complexity index is 514. The lowest BCUT2D eigenvalue weighted by molar-refractivity contribution is 0.101. The summed E-state index contributed by atoms with van der Waals surface area (Å²) in [6.45, 7) is 1.53. The van der Waals surface area contributed by atoms with Crippen molar-refractivity contribution in [3.63, 3.8) is 0 Å². The Labute approximate surface area is 98.3 Å². The van der Waals surface area contributed by atoms with Gasteiger partial charge in [-0.3, -0.25) is 4.79 Å². The molecule has 0 bridgehead atoms. The van der Waals surface area contributed by atoms with E-state index in [2.05, 4.69) is 4.98 Å². The highest BCUT2D eigenvalue weighted by Crippen LogP contribution is 2.16. The Balaban J connectivity index is 2.15. The summed E-state index contributed by atoms with van der Waals surface area (Å²) in [6, 6.07) is 10.0. The smallest absolute Gasteiger partial charge is 0.188 e. The van der Waals surface area contributed by atoms with Gasteiger partial charge in [0, 0.05) is 18.0 Å². The van der Waals surface area contributed by atoms with Crippen LogP contribution in [0.2, 0.25) is 0 Å². The summed E-state index contributed by atoms with van der Waals surface area (Å²) in [5.74, 6) is 0.0179. The molecular formula is C13H11NOS. The molecule has 0 unspecified atom stereocenters. The first-order chi connectivity index (χ1) is 7.75. The lowest BCUT2D eigenvalue weighted by Gasteiger charge is -1.89. The summed E-state index contributed by atoms with van der Waals surface area (Å²) in [6.07, 6.45) is 5.71. The summed E-state index contributed by atoms with van der Waals surface area (Å²) in [4.78, 5) is 16.1. The van der Waals surface area contributed by atoms with Crippen molar-refractivity contribution in [2.45, 2.75) is 6.92 Å². The summed E-state index contributed by atoms with van der Waals surface area (Å²) < 4.78 is 0. The molecule has 0 N–H and O–H groups in total. The number of hydrogen-bond donors (Lipinski definition) is 0. The SMILES string of the molecule is CC(=O)c1ncc(/C=C/c2ccccc2)s1. The van der Waals surface area contributed by atoms with Crippen LogP contribution in [0.3, 0.4) is 0 Å². The van der Waals surface area contributed by atoms with Crippen LogP contribution in [-0.2, 0) is 0 Å². The molecule has 1 heterocycles. The maximum absolute atomic E-state index is 11.1. The van der Waals surface area contributed by atoms with Crippen molar-refractivity contribution in [3.8, 4) is 0 Å². The second-order valence-electron chi connectivity index (χ2n) is 3.37. The second-order valence-corrected chi connectivity index (χ2v) is 4.43. The minimum absolute atomic E-state index is 0.0179. The molecule has 1 aromatic heterocycles. The molecule has 1 aromatic carbocycles. The number of carbonyl (C=O) groups is 1. The zero-order valence-electron chi connectivity index (χ0n) is 8.88. The van der Waals surface area contributed by atoms with Crippen molar-refractivity contribution in [1.29, 1.82) is 0 Å². The van der Waals surface area contributed by atoms with Gasteiger partial charge in [0.15, 0.2) is 10.8 Å². The number of benzene rings is 1. The summed E-state index contributed by atoms with van der Waals surface area (Å²) >= 11 is 1.41. The van der Waals surface area contributed by atoms with E-state index in [-0.39, 0.29) is 5.78 Å². The van der Waals surface area contributed by atoms with Crippen molar-refractivity contribution < 1.29 is 4.79 Å². The van der Waals surface area contributed by atoms with Gasteiger partial charge in [0.25, 0.3) is 0 Å². The van der Waals surface area contributed by atoms with Crippen LogP contribution in [0, 0.1) is 0 Å². The predicted octanol–water partition coefficient (Wildman–Crippen LogP) is 3.52. The molecule has 0 amide bonds. The Morgan fingerprint density at radius 3 is 2.62 bits per heavy atom. The van der Waals surface area contributed by atoms with E-state index in [0.29, 0.717) is 5.01 Å². The van der Waals surface area contributed by atoms with Gasteiger partial charge in [-0.05, 0) is 11.6 Å². The molecule has 16 heavy (non-hydrogen) atoms. The third-order valence-electron chi connectivity index (χ3n) is 2.06. The normalized spacial score (nSPS) is 10.8. The van der Waals surface area contributed by atoms with E-state index < -0.39 is 0 Å². The van der Waals surface area contributed by atoms with Crippen molar-refractivity contribution in [2.24, 2.45) is 0 Å². The lowest BCUT2D eigenvalue weighted by atomic mass is 10.2. The van der Waals surface area contributed by atoms with Gasteiger partial charge in [-0.1, -0.05) is 36.4 Å². The van der Waals surface area contributed by atoms with Gasteiger partial charge in [0.2, 0.25) is 0 Å². The molecule has 0 aliphatic rings. The first-order valence-electron chi connectivity index (χ1n) is 4.95. The molecule has 0 aliphatic heterocycles. The molecule has 0 aliphatic carbocycles. The van der Waals surface area contributed by atoms with E-state index in [4.69, 9.17) is 0 Å². The van der Waals surface area contributed by atoms with Gasteiger partial charge in [-0.25, -0.2) is 4.98 Å². The Kier molecular flexibility index (Phi) is 3.27.